The Bertz CT molecular complexity index is 240. The molecule has 4 heteroatoms. The predicted molar refractivity (Wildman–Crippen MR) is 51.9 cm³/mol. The standard InChI is InChI=1S/C10H17NO3/c1-3-7(2)11-8(10(13)14)5-4-6-9(11)12/h7-8H,3-6H2,1-2H3,(H,13,14). The van der Waals surface area contributed by atoms with Gasteiger partial charge in [-0.1, -0.05) is 6.92 Å². The first-order chi connectivity index (χ1) is 6.57. The van der Waals surface area contributed by atoms with Crippen LogP contribution in [0.3, 0.4) is 0 Å². The molecule has 2 unspecified atom stereocenters. The lowest BCUT2D eigenvalue weighted by atomic mass is 9.99. The lowest BCUT2D eigenvalue weighted by Crippen LogP contribution is -2.51. The Labute approximate surface area is 83.9 Å². The maximum absolute atomic E-state index is 11.6. The third-order valence-corrected chi connectivity index (χ3v) is 2.84. The number of amides is 1. The Kier molecular flexibility index (Phi) is 3.49. The SMILES string of the molecule is CCC(C)N1C(=O)CCCC1C(=O)O. The highest BCUT2D eigenvalue weighted by Gasteiger charge is 2.35. The van der Waals surface area contributed by atoms with Gasteiger partial charge in [-0.05, 0) is 26.2 Å². The first kappa shape index (κ1) is 11.0. The van der Waals surface area contributed by atoms with Crippen LogP contribution < -0.4 is 0 Å². The van der Waals surface area contributed by atoms with Crippen LogP contribution in [0.4, 0.5) is 0 Å². The Morgan fingerprint density at radius 2 is 2.36 bits per heavy atom. The number of nitrogens with zero attached hydrogens (tertiary/aromatic N) is 1. The van der Waals surface area contributed by atoms with Crippen LogP contribution in [0.15, 0.2) is 0 Å². The van der Waals surface area contributed by atoms with E-state index in [0.29, 0.717) is 19.3 Å². The summed E-state index contributed by atoms with van der Waals surface area (Å²) in [5.41, 5.74) is 0. The smallest absolute Gasteiger partial charge is 0.326 e. The lowest BCUT2D eigenvalue weighted by molar-refractivity contribution is -0.155. The molecule has 1 rings (SSSR count). The topological polar surface area (TPSA) is 57.6 Å². The van der Waals surface area contributed by atoms with E-state index in [9.17, 15) is 9.59 Å². The van der Waals surface area contributed by atoms with E-state index in [1.54, 1.807) is 0 Å². The summed E-state index contributed by atoms with van der Waals surface area (Å²) in [5.74, 6) is -0.892. The second-order valence-electron chi connectivity index (χ2n) is 3.80. The Balaban J connectivity index is 2.81. The molecule has 0 aromatic rings. The van der Waals surface area contributed by atoms with Gasteiger partial charge in [0.1, 0.15) is 6.04 Å². The van der Waals surface area contributed by atoms with Crippen LogP contribution in [-0.2, 0) is 9.59 Å². The van der Waals surface area contributed by atoms with Crippen LogP contribution in [0, 0.1) is 0 Å². The maximum Gasteiger partial charge on any atom is 0.326 e. The van der Waals surface area contributed by atoms with Crippen LogP contribution >= 0.6 is 0 Å². The molecule has 0 bridgehead atoms. The van der Waals surface area contributed by atoms with Crippen molar-refractivity contribution in [3.8, 4) is 0 Å². The van der Waals surface area contributed by atoms with Gasteiger partial charge < -0.3 is 10.0 Å². The minimum Gasteiger partial charge on any atom is -0.480 e. The second kappa shape index (κ2) is 4.44. The highest BCUT2D eigenvalue weighted by molar-refractivity contribution is 5.85. The van der Waals surface area contributed by atoms with E-state index in [4.69, 9.17) is 5.11 Å². The zero-order chi connectivity index (χ0) is 10.7. The average Bonchev–Trinajstić information content (AvgIpc) is 2.16. The summed E-state index contributed by atoms with van der Waals surface area (Å²) in [4.78, 5) is 24.0. The molecule has 1 N–H and O–H groups in total. The molecule has 1 fully saturated rings. The number of hydrogen-bond acceptors (Lipinski definition) is 2. The zero-order valence-electron chi connectivity index (χ0n) is 8.69. The van der Waals surface area contributed by atoms with Gasteiger partial charge in [-0.2, -0.15) is 0 Å². The largest absolute Gasteiger partial charge is 0.480 e. The molecule has 1 amide bonds. The molecule has 1 aliphatic heterocycles. The third kappa shape index (κ3) is 2.05. The Morgan fingerprint density at radius 1 is 1.71 bits per heavy atom. The van der Waals surface area contributed by atoms with Gasteiger partial charge in [-0.15, -0.1) is 0 Å². The molecule has 1 heterocycles. The van der Waals surface area contributed by atoms with Gasteiger partial charge in [0, 0.05) is 12.5 Å². The van der Waals surface area contributed by atoms with Crippen molar-refractivity contribution in [2.24, 2.45) is 0 Å². The number of hydrogen-bond donors (Lipinski definition) is 1. The Morgan fingerprint density at radius 3 is 2.86 bits per heavy atom. The zero-order valence-corrected chi connectivity index (χ0v) is 8.69. The molecule has 1 saturated heterocycles. The van der Waals surface area contributed by atoms with Crippen molar-refractivity contribution in [2.75, 3.05) is 0 Å². The van der Waals surface area contributed by atoms with E-state index in [-0.39, 0.29) is 11.9 Å². The van der Waals surface area contributed by atoms with Crippen LogP contribution in [0.1, 0.15) is 39.5 Å². The first-order valence-electron chi connectivity index (χ1n) is 5.12. The van der Waals surface area contributed by atoms with Crippen LogP contribution in [0.25, 0.3) is 0 Å². The lowest BCUT2D eigenvalue weighted by Gasteiger charge is -2.37. The van der Waals surface area contributed by atoms with Crippen molar-refractivity contribution in [1.82, 2.24) is 4.90 Å². The van der Waals surface area contributed by atoms with Crippen molar-refractivity contribution in [2.45, 2.75) is 51.6 Å². The summed E-state index contributed by atoms with van der Waals surface area (Å²) in [6.45, 7) is 3.87. The summed E-state index contributed by atoms with van der Waals surface area (Å²) < 4.78 is 0. The molecule has 2 atom stereocenters. The summed E-state index contributed by atoms with van der Waals surface area (Å²) in [5, 5.41) is 8.98. The molecule has 0 aromatic heterocycles. The summed E-state index contributed by atoms with van der Waals surface area (Å²) in [7, 11) is 0. The number of carbonyl (C=O) groups is 2. The second-order valence-corrected chi connectivity index (χ2v) is 3.80. The van der Waals surface area contributed by atoms with E-state index in [1.807, 2.05) is 13.8 Å². The molecular formula is C10H17NO3. The molecule has 0 saturated carbocycles. The van der Waals surface area contributed by atoms with Crippen LogP contribution in [0.5, 0.6) is 0 Å². The van der Waals surface area contributed by atoms with Gasteiger partial charge in [0.25, 0.3) is 0 Å². The fourth-order valence-electron chi connectivity index (χ4n) is 1.88. The molecular weight excluding hydrogens is 182 g/mol. The first-order valence-corrected chi connectivity index (χ1v) is 5.12. The van der Waals surface area contributed by atoms with Gasteiger partial charge in [-0.25, -0.2) is 4.79 Å². The van der Waals surface area contributed by atoms with E-state index >= 15 is 0 Å². The summed E-state index contributed by atoms with van der Waals surface area (Å²) >= 11 is 0. The minimum atomic E-state index is -0.877. The van der Waals surface area contributed by atoms with Crippen LogP contribution in [-0.4, -0.2) is 34.0 Å². The van der Waals surface area contributed by atoms with Crippen molar-refractivity contribution < 1.29 is 14.7 Å². The number of piperidine rings is 1. The number of rotatable bonds is 3. The molecule has 80 valence electrons. The highest BCUT2D eigenvalue weighted by atomic mass is 16.4. The van der Waals surface area contributed by atoms with Gasteiger partial charge in [0.2, 0.25) is 5.91 Å². The number of likely N-dealkylation sites (tertiary alicyclic amines) is 1. The normalized spacial score (nSPS) is 24.9. The molecule has 1 aliphatic rings. The molecule has 0 aromatic carbocycles. The van der Waals surface area contributed by atoms with E-state index in [0.717, 1.165) is 6.42 Å². The number of carboxylic acid groups (broad SMARTS) is 1. The Hall–Kier alpha value is -1.06. The van der Waals surface area contributed by atoms with Crippen molar-refractivity contribution in [3.05, 3.63) is 0 Å². The quantitative estimate of drug-likeness (QED) is 0.744. The fourth-order valence-corrected chi connectivity index (χ4v) is 1.88. The van der Waals surface area contributed by atoms with E-state index in [1.165, 1.54) is 4.90 Å². The number of carboxylic acids is 1. The predicted octanol–water partition coefficient (Wildman–Crippen LogP) is 1.25. The third-order valence-electron chi connectivity index (χ3n) is 2.84. The summed E-state index contributed by atoms with van der Waals surface area (Å²) in [6.07, 6.45) is 2.58. The summed E-state index contributed by atoms with van der Waals surface area (Å²) in [6, 6.07) is -0.574. The molecule has 0 aliphatic carbocycles. The van der Waals surface area contributed by atoms with E-state index < -0.39 is 12.0 Å². The van der Waals surface area contributed by atoms with Gasteiger partial charge in [0.15, 0.2) is 0 Å². The fraction of sp³-hybridized carbons (Fsp3) is 0.800. The highest BCUT2D eigenvalue weighted by Crippen LogP contribution is 2.22. The average molecular weight is 199 g/mol. The van der Waals surface area contributed by atoms with Crippen molar-refractivity contribution in [1.29, 1.82) is 0 Å². The van der Waals surface area contributed by atoms with Gasteiger partial charge in [0.05, 0.1) is 0 Å². The maximum atomic E-state index is 11.6. The van der Waals surface area contributed by atoms with Crippen LogP contribution in [0.2, 0.25) is 0 Å². The molecule has 0 spiro atoms. The monoisotopic (exact) mass is 199 g/mol. The number of aliphatic carboxylic acids is 1. The van der Waals surface area contributed by atoms with Gasteiger partial charge >= 0.3 is 5.97 Å². The van der Waals surface area contributed by atoms with E-state index in [2.05, 4.69) is 0 Å². The number of carbonyl (C=O) groups excluding carboxylic acids is 1. The molecule has 14 heavy (non-hydrogen) atoms. The van der Waals surface area contributed by atoms with Crippen molar-refractivity contribution >= 4 is 11.9 Å². The molecule has 4 nitrogen and oxygen atoms in total. The van der Waals surface area contributed by atoms with Gasteiger partial charge in [-0.3, -0.25) is 4.79 Å². The minimum absolute atomic E-state index is 0.0157. The molecule has 0 radical (unpaired) electrons. The van der Waals surface area contributed by atoms with Crippen molar-refractivity contribution in [3.63, 3.8) is 0 Å².